The molecule has 4 rings (SSSR count). The zero-order valence-corrected chi connectivity index (χ0v) is 18.1. The number of benzene rings is 2. The second-order valence-electron chi connectivity index (χ2n) is 7.31. The largest absolute Gasteiger partial charge is 0.465 e. The molecule has 1 N–H and O–H groups in total. The second kappa shape index (κ2) is 10.6. The molecule has 0 saturated carbocycles. The van der Waals surface area contributed by atoms with Crippen molar-refractivity contribution >= 4 is 11.7 Å². The minimum Gasteiger partial charge on any atom is -0.465 e. The number of pyridine rings is 1. The normalized spacial score (nSPS) is 12.1. The van der Waals surface area contributed by atoms with Gasteiger partial charge in [-0.15, -0.1) is 0 Å². The lowest BCUT2D eigenvalue weighted by atomic mass is 9.92. The summed E-state index contributed by atoms with van der Waals surface area (Å²) in [5.41, 5.74) is 4.81. The molecular formula is C25H27FN2O3. The van der Waals surface area contributed by atoms with Crippen molar-refractivity contribution in [2.75, 3.05) is 19.5 Å². The number of halogens is 1. The van der Waals surface area contributed by atoms with Crippen molar-refractivity contribution in [1.29, 1.82) is 0 Å². The Labute approximate surface area is 182 Å². The van der Waals surface area contributed by atoms with E-state index in [1.165, 1.54) is 49.6 Å². The van der Waals surface area contributed by atoms with E-state index in [9.17, 15) is 9.18 Å². The molecule has 0 atom stereocenters. The first kappa shape index (κ1) is 22.3. The van der Waals surface area contributed by atoms with Gasteiger partial charge in [0, 0.05) is 13.2 Å². The summed E-state index contributed by atoms with van der Waals surface area (Å²) in [6, 6.07) is 12.5. The highest BCUT2D eigenvalue weighted by atomic mass is 19.1. The minimum atomic E-state index is -0.359. The van der Waals surface area contributed by atoms with Crippen molar-refractivity contribution in [2.45, 2.75) is 32.6 Å². The van der Waals surface area contributed by atoms with Crippen LogP contribution in [-0.2, 0) is 17.6 Å². The first-order valence-corrected chi connectivity index (χ1v) is 10.3. The number of hydrogen-bond acceptors (Lipinski definition) is 5. The average Bonchev–Trinajstić information content (AvgIpc) is 2.80. The predicted molar refractivity (Wildman–Crippen MR) is 119 cm³/mol. The Balaban J connectivity index is 0.000000196. The summed E-state index contributed by atoms with van der Waals surface area (Å²) >= 11 is 0. The number of nitrogens with one attached hydrogen (secondary N) is 1. The van der Waals surface area contributed by atoms with Crippen LogP contribution in [0.1, 0.15) is 39.9 Å². The maximum absolute atomic E-state index is 13.1. The fraction of sp³-hybridized carbons (Fsp3) is 0.280. The molecule has 0 aliphatic heterocycles. The van der Waals surface area contributed by atoms with Gasteiger partial charge in [0.1, 0.15) is 17.3 Å². The van der Waals surface area contributed by atoms with Crippen LogP contribution in [0, 0.1) is 12.7 Å². The van der Waals surface area contributed by atoms with Gasteiger partial charge in [0.25, 0.3) is 0 Å². The van der Waals surface area contributed by atoms with E-state index in [-0.39, 0.29) is 11.8 Å². The van der Waals surface area contributed by atoms with Crippen LogP contribution >= 0.6 is 0 Å². The van der Waals surface area contributed by atoms with E-state index in [2.05, 4.69) is 27.2 Å². The van der Waals surface area contributed by atoms with E-state index in [1.54, 1.807) is 31.6 Å². The van der Waals surface area contributed by atoms with Crippen molar-refractivity contribution in [3.05, 3.63) is 82.9 Å². The van der Waals surface area contributed by atoms with Crippen LogP contribution in [0.25, 0.3) is 0 Å². The SMILES string of the molecule is CNc1cnccc1C(=O)OC.Cc1cc(F)ccc1Oc1ccc2c(c1)CCCC2. The van der Waals surface area contributed by atoms with Crippen molar-refractivity contribution in [3.63, 3.8) is 0 Å². The number of nitrogens with zero attached hydrogens (tertiary/aromatic N) is 1. The highest BCUT2D eigenvalue weighted by molar-refractivity contribution is 5.95. The second-order valence-corrected chi connectivity index (χ2v) is 7.31. The van der Waals surface area contributed by atoms with E-state index >= 15 is 0 Å². The molecule has 0 bridgehead atoms. The molecular weight excluding hydrogens is 395 g/mol. The van der Waals surface area contributed by atoms with Gasteiger partial charge in [0.15, 0.2) is 0 Å². The molecule has 1 aliphatic carbocycles. The number of ether oxygens (including phenoxy) is 2. The van der Waals surface area contributed by atoms with Gasteiger partial charge in [-0.05, 0) is 85.7 Å². The average molecular weight is 423 g/mol. The molecule has 1 aromatic heterocycles. The molecule has 1 heterocycles. The number of aryl methyl sites for hydroxylation is 3. The molecule has 5 nitrogen and oxygen atoms in total. The summed E-state index contributed by atoms with van der Waals surface area (Å²) < 4.78 is 23.5. The standard InChI is InChI=1S/C17H17FO.C8H10N2O2/c1-12-10-15(18)7-9-17(12)19-16-8-6-13-4-2-3-5-14(13)11-16;1-9-7-5-10-4-3-6(7)8(11)12-2/h6-11H,2-5H2,1H3;3-5,9H,1-2H3. The van der Waals surface area contributed by atoms with E-state index in [1.807, 2.05) is 13.0 Å². The van der Waals surface area contributed by atoms with Crippen LogP contribution in [0.2, 0.25) is 0 Å². The number of methoxy groups -OCH3 is 1. The number of carbonyl (C=O) groups excluding carboxylic acids is 1. The van der Waals surface area contributed by atoms with Crippen LogP contribution in [0.4, 0.5) is 10.1 Å². The highest BCUT2D eigenvalue weighted by Gasteiger charge is 2.11. The third-order valence-corrected chi connectivity index (χ3v) is 5.18. The van der Waals surface area contributed by atoms with Crippen molar-refractivity contribution < 1.29 is 18.7 Å². The maximum Gasteiger partial charge on any atom is 0.340 e. The van der Waals surface area contributed by atoms with Crippen molar-refractivity contribution in [3.8, 4) is 11.5 Å². The number of carbonyl (C=O) groups is 1. The summed E-state index contributed by atoms with van der Waals surface area (Å²) in [4.78, 5) is 15.0. The topological polar surface area (TPSA) is 60.5 Å². The van der Waals surface area contributed by atoms with E-state index < -0.39 is 0 Å². The Morgan fingerprint density at radius 1 is 1.06 bits per heavy atom. The molecule has 1 aliphatic rings. The lowest BCUT2D eigenvalue weighted by Crippen LogP contribution is -2.05. The number of hydrogen-bond donors (Lipinski definition) is 1. The number of esters is 1. The Hall–Kier alpha value is -3.41. The Kier molecular flexibility index (Phi) is 7.60. The van der Waals surface area contributed by atoms with Gasteiger partial charge in [0.2, 0.25) is 0 Å². The third kappa shape index (κ3) is 5.81. The molecule has 0 amide bonds. The number of fused-ring (bicyclic) bond motifs is 1. The molecule has 0 fully saturated rings. The van der Waals surface area contributed by atoms with E-state index in [0.717, 1.165) is 23.5 Å². The fourth-order valence-corrected chi connectivity index (χ4v) is 3.51. The van der Waals surface area contributed by atoms with Gasteiger partial charge in [-0.25, -0.2) is 9.18 Å². The van der Waals surface area contributed by atoms with E-state index in [0.29, 0.717) is 11.3 Å². The summed E-state index contributed by atoms with van der Waals surface area (Å²) in [5.74, 6) is 0.976. The third-order valence-electron chi connectivity index (χ3n) is 5.18. The number of aromatic nitrogens is 1. The monoisotopic (exact) mass is 422 g/mol. The van der Waals surface area contributed by atoms with Gasteiger partial charge in [-0.1, -0.05) is 6.07 Å². The molecule has 6 heteroatoms. The molecule has 162 valence electrons. The van der Waals surface area contributed by atoms with E-state index in [4.69, 9.17) is 4.74 Å². The van der Waals surface area contributed by atoms with Crippen molar-refractivity contribution in [2.24, 2.45) is 0 Å². The lowest BCUT2D eigenvalue weighted by molar-refractivity contribution is 0.0601. The molecule has 31 heavy (non-hydrogen) atoms. The first-order chi connectivity index (χ1) is 15.0. The Bertz CT molecular complexity index is 1050. The van der Waals surface area contributed by atoms with Gasteiger partial charge < -0.3 is 14.8 Å². The minimum absolute atomic E-state index is 0.227. The summed E-state index contributed by atoms with van der Waals surface area (Å²) in [6.45, 7) is 1.86. The van der Waals surface area contributed by atoms with Crippen LogP contribution in [0.5, 0.6) is 11.5 Å². The summed E-state index contributed by atoms with van der Waals surface area (Å²) in [5, 5.41) is 2.85. The fourth-order valence-electron chi connectivity index (χ4n) is 3.51. The molecule has 0 radical (unpaired) electrons. The van der Waals surface area contributed by atoms with Crippen LogP contribution in [-0.4, -0.2) is 25.1 Å². The quantitative estimate of drug-likeness (QED) is 0.545. The van der Waals surface area contributed by atoms with Gasteiger partial charge in [0.05, 0.1) is 24.6 Å². The zero-order valence-electron chi connectivity index (χ0n) is 18.1. The Morgan fingerprint density at radius 2 is 1.84 bits per heavy atom. The molecule has 0 unspecified atom stereocenters. The van der Waals surface area contributed by atoms with Crippen LogP contribution in [0.3, 0.4) is 0 Å². The molecule has 0 saturated heterocycles. The summed E-state index contributed by atoms with van der Waals surface area (Å²) in [6.07, 6.45) is 7.97. The highest BCUT2D eigenvalue weighted by Crippen LogP contribution is 2.30. The Morgan fingerprint density at radius 3 is 2.55 bits per heavy atom. The van der Waals surface area contributed by atoms with Crippen LogP contribution < -0.4 is 10.1 Å². The predicted octanol–water partition coefficient (Wildman–Crippen LogP) is 5.72. The molecule has 0 spiro atoms. The smallest absolute Gasteiger partial charge is 0.340 e. The summed E-state index contributed by atoms with van der Waals surface area (Å²) in [7, 11) is 3.08. The first-order valence-electron chi connectivity index (χ1n) is 10.3. The van der Waals surface area contributed by atoms with Gasteiger partial charge >= 0.3 is 5.97 Å². The van der Waals surface area contributed by atoms with Crippen molar-refractivity contribution in [1.82, 2.24) is 4.98 Å². The van der Waals surface area contributed by atoms with Gasteiger partial charge in [-0.2, -0.15) is 0 Å². The maximum atomic E-state index is 13.1. The number of anilines is 1. The van der Waals surface area contributed by atoms with Gasteiger partial charge in [-0.3, -0.25) is 4.98 Å². The lowest BCUT2D eigenvalue weighted by Gasteiger charge is -2.17. The molecule has 3 aromatic rings. The molecule has 2 aromatic carbocycles. The number of rotatable bonds is 4. The van der Waals surface area contributed by atoms with Crippen LogP contribution in [0.15, 0.2) is 54.9 Å². The zero-order chi connectivity index (χ0) is 22.2.